The number of hydrogen-bond acceptors (Lipinski definition) is 5. The number of halogens is 3. The largest absolute Gasteiger partial charge is 0.493 e. The van der Waals surface area contributed by atoms with Crippen LogP contribution in [0, 0.1) is 0 Å². The summed E-state index contributed by atoms with van der Waals surface area (Å²) in [6.45, 7) is 0. The van der Waals surface area contributed by atoms with Crippen LogP contribution in [0.3, 0.4) is 0 Å². The lowest BCUT2D eigenvalue weighted by Crippen LogP contribution is -2.04. The molecule has 4 nitrogen and oxygen atoms in total. The van der Waals surface area contributed by atoms with Crippen LogP contribution in [0.25, 0.3) is 0 Å². The summed E-state index contributed by atoms with van der Waals surface area (Å²) in [6, 6.07) is 4.31. The summed E-state index contributed by atoms with van der Waals surface area (Å²) in [7, 11) is 1.36. The lowest BCUT2D eigenvalue weighted by atomic mass is 10.2. The highest BCUT2D eigenvalue weighted by Crippen LogP contribution is 2.37. The topological polar surface area (TPSA) is 48.4 Å². The van der Waals surface area contributed by atoms with Crippen molar-refractivity contribution in [3.05, 3.63) is 34.8 Å². The van der Waals surface area contributed by atoms with Crippen LogP contribution in [-0.2, 0) is 6.18 Å². The number of ether oxygens (including phenoxy) is 2. The Hall–Kier alpha value is -2.09. The molecular weight excluding hydrogens is 295 g/mol. The molecule has 0 spiro atoms. The van der Waals surface area contributed by atoms with Crippen molar-refractivity contribution in [1.29, 1.82) is 0 Å². The van der Waals surface area contributed by atoms with E-state index >= 15 is 0 Å². The summed E-state index contributed by atoms with van der Waals surface area (Å²) >= 11 is 0.722. The Labute approximate surface area is 115 Å². The Morgan fingerprint density at radius 1 is 1.30 bits per heavy atom. The van der Waals surface area contributed by atoms with Gasteiger partial charge in [-0.05, 0) is 18.2 Å². The molecule has 2 rings (SSSR count). The molecular formula is C12H8F3NO3S. The number of thiazole rings is 1. The molecule has 0 fully saturated rings. The molecule has 0 unspecified atom stereocenters. The number of rotatable bonds is 4. The number of alkyl halides is 3. The second-order valence-corrected chi connectivity index (χ2v) is 4.45. The number of hydrogen-bond donors (Lipinski definition) is 0. The molecule has 0 saturated carbocycles. The quantitative estimate of drug-likeness (QED) is 0.807. The smallest absolute Gasteiger partial charge is 0.434 e. The van der Waals surface area contributed by atoms with Gasteiger partial charge in [0.25, 0.3) is 5.19 Å². The van der Waals surface area contributed by atoms with E-state index in [0.29, 0.717) is 11.8 Å². The fourth-order valence-corrected chi connectivity index (χ4v) is 2.06. The van der Waals surface area contributed by atoms with Gasteiger partial charge < -0.3 is 9.47 Å². The van der Waals surface area contributed by atoms with Crippen LogP contribution in [0.2, 0.25) is 0 Å². The van der Waals surface area contributed by atoms with Gasteiger partial charge in [0.1, 0.15) is 6.29 Å². The predicted octanol–water partition coefficient (Wildman–Crippen LogP) is 3.78. The van der Waals surface area contributed by atoms with Gasteiger partial charge in [0.15, 0.2) is 17.2 Å². The van der Waals surface area contributed by atoms with E-state index in [0.717, 1.165) is 16.7 Å². The maximum absolute atomic E-state index is 12.4. The molecule has 2 aromatic rings. The van der Waals surface area contributed by atoms with Crippen LogP contribution >= 0.6 is 11.3 Å². The fourth-order valence-electron chi connectivity index (χ4n) is 1.37. The van der Waals surface area contributed by atoms with Gasteiger partial charge in [-0.15, -0.1) is 0 Å². The molecule has 8 heteroatoms. The first kappa shape index (κ1) is 14.3. The average molecular weight is 303 g/mol. The van der Waals surface area contributed by atoms with Gasteiger partial charge in [-0.1, -0.05) is 11.3 Å². The summed E-state index contributed by atoms with van der Waals surface area (Å²) in [5.41, 5.74) is -0.648. The highest BCUT2D eigenvalue weighted by molar-refractivity contribution is 7.11. The zero-order valence-corrected chi connectivity index (χ0v) is 10.9. The second-order valence-electron chi connectivity index (χ2n) is 3.63. The minimum Gasteiger partial charge on any atom is -0.493 e. The summed E-state index contributed by atoms with van der Waals surface area (Å²) in [5.74, 6) is 0.416. The number of aldehydes is 1. The van der Waals surface area contributed by atoms with E-state index in [-0.39, 0.29) is 16.7 Å². The van der Waals surface area contributed by atoms with E-state index in [4.69, 9.17) is 9.47 Å². The summed E-state index contributed by atoms with van der Waals surface area (Å²) in [4.78, 5) is 14.0. The van der Waals surface area contributed by atoms with Crippen LogP contribution in [0.15, 0.2) is 23.6 Å². The lowest BCUT2D eigenvalue weighted by Gasteiger charge is -2.08. The normalized spacial score (nSPS) is 11.2. The number of benzene rings is 1. The third-order valence-electron chi connectivity index (χ3n) is 2.29. The van der Waals surface area contributed by atoms with E-state index in [1.165, 1.54) is 25.3 Å². The molecule has 106 valence electrons. The molecule has 0 aliphatic rings. The second kappa shape index (κ2) is 5.49. The Bertz CT molecular complexity index is 625. The van der Waals surface area contributed by atoms with Gasteiger partial charge in [-0.3, -0.25) is 4.79 Å². The molecule has 1 aromatic heterocycles. The van der Waals surface area contributed by atoms with Gasteiger partial charge in [0, 0.05) is 10.9 Å². The molecule has 1 heterocycles. The van der Waals surface area contributed by atoms with Crippen molar-refractivity contribution in [2.75, 3.05) is 7.11 Å². The number of methoxy groups -OCH3 is 1. The van der Waals surface area contributed by atoms with E-state index in [9.17, 15) is 18.0 Å². The highest BCUT2D eigenvalue weighted by atomic mass is 32.1. The molecule has 0 atom stereocenters. The first-order valence-electron chi connectivity index (χ1n) is 5.28. The molecule has 0 aliphatic heterocycles. The van der Waals surface area contributed by atoms with Crippen molar-refractivity contribution < 1.29 is 27.4 Å². The predicted molar refractivity (Wildman–Crippen MR) is 65.6 cm³/mol. The molecule has 1 aromatic carbocycles. The molecule has 0 bridgehead atoms. The van der Waals surface area contributed by atoms with E-state index in [1.807, 2.05) is 0 Å². The number of nitrogens with zero attached hydrogens (tertiary/aromatic N) is 1. The standard InChI is InChI=1S/C12H8F3NO3S/c1-18-9-4-7(5-17)2-3-8(9)19-11-16-10(6-20-11)12(13,14)15/h2-6H,1H3. The van der Waals surface area contributed by atoms with Gasteiger partial charge in [-0.25, -0.2) is 0 Å². The minimum absolute atomic E-state index is 0.158. The minimum atomic E-state index is -4.51. The SMILES string of the molecule is COc1cc(C=O)ccc1Oc1nc(C(F)(F)F)cs1. The Kier molecular flexibility index (Phi) is 3.93. The monoisotopic (exact) mass is 303 g/mol. The molecule has 20 heavy (non-hydrogen) atoms. The molecule has 0 radical (unpaired) electrons. The summed E-state index contributed by atoms with van der Waals surface area (Å²) < 4.78 is 47.5. The molecule has 0 N–H and O–H groups in total. The number of aromatic nitrogens is 1. The third kappa shape index (κ3) is 3.08. The van der Waals surface area contributed by atoms with Gasteiger partial charge >= 0.3 is 6.18 Å². The van der Waals surface area contributed by atoms with Crippen molar-refractivity contribution in [3.8, 4) is 16.7 Å². The van der Waals surface area contributed by atoms with Crippen LogP contribution in [0.4, 0.5) is 13.2 Å². The van der Waals surface area contributed by atoms with Crippen molar-refractivity contribution in [2.24, 2.45) is 0 Å². The number of carbonyl (C=O) groups is 1. The molecule has 0 aliphatic carbocycles. The van der Waals surface area contributed by atoms with Crippen molar-refractivity contribution in [3.63, 3.8) is 0 Å². The van der Waals surface area contributed by atoms with Crippen LogP contribution in [-0.4, -0.2) is 18.4 Å². The van der Waals surface area contributed by atoms with Gasteiger partial charge in [0.2, 0.25) is 0 Å². The first-order chi connectivity index (χ1) is 9.44. The fraction of sp³-hybridized carbons (Fsp3) is 0.167. The van der Waals surface area contributed by atoms with Crippen LogP contribution in [0.1, 0.15) is 16.1 Å². The van der Waals surface area contributed by atoms with Crippen molar-refractivity contribution in [2.45, 2.75) is 6.18 Å². The lowest BCUT2D eigenvalue weighted by molar-refractivity contribution is -0.140. The van der Waals surface area contributed by atoms with Crippen molar-refractivity contribution >= 4 is 17.6 Å². The Morgan fingerprint density at radius 3 is 2.60 bits per heavy atom. The Balaban J connectivity index is 2.26. The first-order valence-corrected chi connectivity index (χ1v) is 6.16. The average Bonchev–Trinajstić information content (AvgIpc) is 2.87. The zero-order valence-electron chi connectivity index (χ0n) is 10.1. The third-order valence-corrected chi connectivity index (χ3v) is 3.01. The summed E-state index contributed by atoms with van der Waals surface area (Å²) in [6.07, 6.45) is -3.89. The molecule has 0 saturated heterocycles. The van der Waals surface area contributed by atoms with E-state index < -0.39 is 11.9 Å². The van der Waals surface area contributed by atoms with Gasteiger partial charge in [-0.2, -0.15) is 18.2 Å². The highest BCUT2D eigenvalue weighted by Gasteiger charge is 2.34. The molecule has 0 amide bonds. The van der Waals surface area contributed by atoms with Crippen molar-refractivity contribution in [1.82, 2.24) is 4.98 Å². The summed E-state index contributed by atoms with van der Waals surface area (Å²) in [5, 5.41) is 0.705. The maximum Gasteiger partial charge on any atom is 0.434 e. The maximum atomic E-state index is 12.4. The zero-order chi connectivity index (χ0) is 14.8. The van der Waals surface area contributed by atoms with Crippen LogP contribution < -0.4 is 9.47 Å². The van der Waals surface area contributed by atoms with E-state index in [1.54, 1.807) is 0 Å². The van der Waals surface area contributed by atoms with Gasteiger partial charge in [0.05, 0.1) is 7.11 Å². The van der Waals surface area contributed by atoms with E-state index in [2.05, 4.69) is 4.98 Å². The Morgan fingerprint density at radius 2 is 2.05 bits per heavy atom. The number of carbonyl (C=O) groups excluding carboxylic acids is 1. The van der Waals surface area contributed by atoms with Crippen LogP contribution in [0.5, 0.6) is 16.7 Å².